The molecule has 1 aromatic rings. The van der Waals surface area contributed by atoms with Crippen molar-refractivity contribution < 1.29 is 37.3 Å². The van der Waals surface area contributed by atoms with Crippen LogP contribution in [0.2, 0.25) is 0 Å². The smallest absolute Gasteiger partial charge is 0.461 e. The number of halogens is 3. The number of rotatable bonds is 3. The molecule has 2 aliphatic rings. The molecule has 2 amide bonds. The number of aliphatic hydroxyl groups excluding tert-OH is 1. The predicted molar refractivity (Wildman–Crippen MR) is 105 cm³/mol. The van der Waals surface area contributed by atoms with Crippen LogP contribution in [-0.4, -0.2) is 71.7 Å². The molecule has 3 rings (SSSR count). The molecule has 2 atom stereocenters. The summed E-state index contributed by atoms with van der Waals surface area (Å²) in [6.07, 6.45) is -4.22. The van der Waals surface area contributed by atoms with Crippen molar-refractivity contribution in [2.75, 3.05) is 26.2 Å². The lowest BCUT2D eigenvalue weighted by Gasteiger charge is -2.41. The molecule has 2 heterocycles. The third kappa shape index (κ3) is 6.25. The maximum atomic E-state index is 13.0. The SMILES string of the molecule is CC(=O)OC1CC(c2ccc(OC(F)(F)F)c(C)c2)CN(C(=O)N2CCC(O)CC2)C1. The molecule has 0 radical (unpaired) electrons. The first kappa shape index (κ1) is 23.2. The molecule has 0 aromatic heterocycles. The second kappa shape index (κ2) is 9.33. The average Bonchev–Trinajstić information content (AvgIpc) is 2.68. The van der Waals surface area contributed by atoms with Gasteiger partial charge in [0.2, 0.25) is 0 Å². The highest BCUT2D eigenvalue weighted by molar-refractivity contribution is 5.75. The van der Waals surface area contributed by atoms with Crippen LogP contribution in [-0.2, 0) is 9.53 Å². The van der Waals surface area contributed by atoms with E-state index in [2.05, 4.69) is 4.74 Å². The standard InChI is InChI=1S/C21H27F3N2O5/c1-13-9-15(3-4-19(13)31-21(22,23)24)16-10-18(30-14(2)27)12-26(11-16)20(29)25-7-5-17(28)6-8-25/h3-4,9,16-18,28H,5-8,10-12H2,1-2H3. The number of nitrogens with zero attached hydrogens (tertiary/aromatic N) is 2. The van der Waals surface area contributed by atoms with Gasteiger partial charge in [-0.2, -0.15) is 0 Å². The van der Waals surface area contributed by atoms with E-state index < -0.39 is 24.5 Å². The quantitative estimate of drug-likeness (QED) is 0.725. The fraction of sp³-hybridized carbons (Fsp3) is 0.619. The summed E-state index contributed by atoms with van der Waals surface area (Å²) in [5.41, 5.74) is 1.07. The number of alkyl halides is 3. The summed E-state index contributed by atoms with van der Waals surface area (Å²) in [6.45, 7) is 4.33. The number of ether oxygens (including phenoxy) is 2. The van der Waals surface area contributed by atoms with Crippen molar-refractivity contribution in [1.82, 2.24) is 9.80 Å². The van der Waals surface area contributed by atoms with Crippen LogP contribution in [0.15, 0.2) is 18.2 Å². The van der Waals surface area contributed by atoms with E-state index in [-0.39, 0.29) is 24.2 Å². The number of aliphatic hydroxyl groups is 1. The van der Waals surface area contributed by atoms with Crippen molar-refractivity contribution >= 4 is 12.0 Å². The molecule has 10 heteroatoms. The summed E-state index contributed by atoms with van der Waals surface area (Å²) < 4.78 is 47.1. The van der Waals surface area contributed by atoms with Crippen molar-refractivity contribution in [3.8, 4) is 5.75 Å². The molecular formula is C21H27F3N2O5. The highest BCUT2D eigenvalue weighted by Gasteiger charge is 2.36. The van der Waals surface area contributed by atoms with Crippen LogP contribution in [0, 0.1) is 6.92 Å². The number of likely N-dealkylation sites (tertiary alicyclic amines) is 2. The lowest BCUT2D eigenvalue weighted by molar-refractivity contribution is -0.274. The average molecular weight is 444 g/mol. The van der Waals surface area contributed by atoms with Gasteiger partial charge in [-0.1, -0.05) is 12.1 Å². The summed E-state index contributed by atoms with van der Waals surface area (Å²) in [5, 5.41) is 9.68. The second-order valence-electron chi connectivity index (χ2n) is 8.14. The highest BCUT2D eigenvalue weighted by atomic mass is 19.4. The van der Waals surface area contributed by atoms with Crippen LogP contribution in [0.1, 0.15) is 43.2 Å². The van der Waals surface area contributed by atoms with Crippen LogP contribution < -0.4 is 4.74 Å². The van der Waals surface area contributed by atoms with E-state index in [4.69, 9.17) is 4.74 Å². The number of urea groups is 1. The third-order valence-corrected chi connectivity index (χ3v) is 5.65. The number of hydrogen-bond donors (Lipinski definition) is 1. The first-order valence-corrected chi connectivity index (χ1v) is 10.3. The Balaban J connectivity index is 1.78. The van der Waals surface area contributed by atoms with E-state index in [0.717, 1.165) is 5.56 Å². The molecule has 172 valence electrons. The minimum Gasteiger partial charge on any atom is -0.461 e. The lowest BCUT2D eigenvalue weighted by atomic mass is 9.88. The Bertz CT molecular complexity index is 809. The number of piperidine rings is 2. The zero-order valence-electron chi connectivity index (χ0n) is 17.5. The largest absolute Gasteiger partial charge is 0.573 e. The number of benzene rings is 1. The van der Waals surface area contributed by atoms with E-state index in [1.807, 2.05) is 0 Å². The normalized spacial score (nSPS) is 22.9. The number of carbonyl (C=O) groups excluding carboxylic acids is 2. The number of aryl methyl sites for hydroxylation is 1. The van der Waals surface area contributed by atoms with Gasteiger partial charge >= 0.3 is 18.4 Å². The van der Waals surface area contributed by atoms with Crippen molar-refractivity contribution in [3.05, 3.63) is 29.3 Å². The molecule has 2 unspecified atom stereocenters. The van der Waals surface area contributed by atoms with Gasteiger partial charge in [0.25, 0.3) is 0 Å². The van der Waals surface area contributed by atoms with Crippen molar-refractivity contribution in [1.29, 1.82) is 0 Å². The van der Waals surface area contributed by atoms with E-state index in [1.54, 1.807) is 21.9 Å². The maximum Gasteiger partial charge on any atom is 0.573 e. The Hall–Kier alpha value is -2.49. The molecule has 2 fully saturated rings. The van der Waals surface area contributed by atoms with Crippen LogP contribution in [0.25, 0.3) is 0 Å². The van der Waals surface area contributed by atoms with Gasteiger partial charge in [0.05, 0.1) is 12.6 Å². The molecule has 31 heavy (non-hydrogen) atoms. The van der Waals surface area contributed by atoms with Crippen molar-refractivity contribution in [3.63, 3.8) is 0 Å². The summed E-state index contributed by atoms with van der Waals surface area (Å²) in [4.78, 5) is 27.8. The lowest BCUT2D eigenvalue weighted by Crippen LogP contribution is -2.53. The Labute approximate surface area is 178 Å². The Morgan fingerprint density at radius 3 is 2.39 bits per heavy atom. The zero-order chi connectivity index (χ0) is 22.8. The monoisotopic (exact) mass is 444 g/mol. The zero-order valence-corrected chi connectivity index (χ0v) is 17.5. The van der Waals surface area contributed by atoms with Gasteiger partial charge in [0.1, 0.15) is 11.9 Å². The van der Waals surface area contributed by atoms with E-state index >= 15 is 0 Å². The molecule has 2 aliphatic heterocycles. The summed E-state index contributed by atoms with van der Waals surface area (Å²) in [6, 6.07) is 4.24. The molecular weight excluding hydrogens is 417 g/mol. The van der Waals surface area contributed by atoms with Gasteiger partial charge in [-0.25, -0.2) is 4.79 Å². The molecule has 1 aromatic carbocycles. The van der Waals surface area contributed by atoms with Crippen LogP contribution >= 0.6 is 0 Å². The number of esters is 1. The molecule has 0 saturated carbocycles. The summed E-state index contributed by atoms with van der Waals surface area (Å²) >= 11 is 0. The fourth-order valence-corrected chi connectivity index (χ4v) is 4.19. The number of carbonyl (C=O) groups is 2. The highest BCUT2D eigenvalue weighted by Crippen LogP contribution is 2.33. The first-order chi connectivity index (χ1) is 14.5. The van der Waals surface area contributed by atoms with Crippen LogP contribution in [0.3, 0.4) is 0 Å². The van der Waals surface area contributed by atoms with Gasteiger partial charge in [-0.3, -0.25) is 4.79 Å². The Morgan fingerprint density at radius 1 is 1.13 bits per heavy atom. The summed E-state index contributed by atoms with van der Waals surface area (Å²) in [7, 11) is 0. The molecule has 2 saturated heterocycles. The topological polar surface area (TPSA) is 79.3 Å². The number of amides is 2. The summed E-state index contributed by atoms with van der Waals surface area (Å²) in [5.74, 6) is -0.941. The van der Waals surface area contributed by atoms with Gasteiger partial charge in [0.15, 0.2) is 0 Å². The Kier molecular flexibility index (Phi) is 6.98. The molecule has 0 aliphatic carbocycles. The number of hydrogen-bond acceptors (Lipinski definition) is 5. The van der Waals surface area contributed by atoms with Gasteiger partial charge < -0.3 is 24.4 Å². The third-order valence-electron chi connectivity index (χ3n) is 5.65. The molecule has 0 spiro atoms. The molecule has 7 nitrogen and oxygen atoms in total. The minimum atomic E-state index is -4.78. The maximum absolute atomic E-state index is 13.0. The fourth-order valence-electron chi connectivity index (χ4n) is 4.19. The van der Waals surface area contributed by atoms with Crippen molar-refractivity contribution in [2.24, 2.45) is 0 Å². The van der Waals surface area contributed by atoms with Gasteiger partial charge in [0, 0.05) is 32.5 Å². The predicted octanol–water partition coefficient (Wildman–Crippen LogP) is 3.19. The first-order valence-electron chi connectivity index (χ1n) is 10.3. The molecule has 1 N–H and O–H groups in total. The molecule has 0 bridgehead atoms. The Morgan fingerprint density at radius 2 is 1.81 bits per heavy atom. The second-order valence-corrected chi connectivity index (χ2v) is 8.14. The van der Waals surface area contributed by atoms with E-state index in [0.29, 0.717) is 44.5 Å². The van der Waals surface area contributed by atoms with Crippen LogP contribution in [0.4, 0.5) is 18.0 Å². The van der Waals surface area contributed by atoms with Gasteiger partial charge in [-0.05, 0) is 43.4 Å². The van der Waals surface area contributed by atoms with E-state index in [1.165, 1.54) is 19.9 Å². The minimum absolute atomic E-state index is 0.192. The van der Waals surface area contributed by atoms with Gasteiger partial charge in [-0.15, -0.1) is 13.2 Å². The van der Waals surface area contributed by atoms with E-state index in [9.17, 15) is 27.9 Å². The van der Waals surface area contributed by atoms with Crippen LogP contribution in [0.5, 0.6) is 5.75 Å². The van der Waals surface area contributed by atoms with Crippen molar-refractivity contribution in [2.45, 2.75) is 57.6 Å².